The molecule has 6 nitrogen and oxygen atoms in total. The Hall–Kier alpha value is -1.21. The molecule has 1 aromatic rings. The normalized spacial score (nSPS) is 22.2. The van der Waals surface area contributed by atoms with Crippen LogP contribution in [-0.4, -0.2) is 41.6 Å². The minimum absolute atomic E-state index is 0.0503. The Morgan fingerprint density at radius 2 is 2.22 bits per heavy atom. The summed E-state index contributed by atoms with van der Waals surface area (Å²) in [4.78, 5) is 18.7. The number of aromatic amines is 1. The Balaban J connectivity index is 2.34. The lowest BCUT2D eigenvalue weighted by molar-refractivity contribution is 0.298. The molecule has 0 radical (unpaired) electrons. The third-order valence-corrected chi connectivity index (χ3v) is 4.99. The molecular formula is C11H16N2O4S. The lowest BCUT2D eigenvalue weighted by Gasteiger charge is -2.10. The smallest absolute Gasteiger partial charge is 0.254 e. The average Bonchev–Trinajstić information content (AvgIpc) is 2.64. The molecule has 1 saturated heterocycles. The molecule has 1 atom stereocenters. The zero-order chi connectivity index (χ0) is 13.3. The van der Waals surface area contributed by atoms with E-state index in [1.807, 2.05) is 0 Å². The van der Waals surface area contributed by atoms with Crippen LogP contribution in [0.25, 0.3) is 0 Å². The van der Waals surface area contributed by atoms with E-state index in [-0.39, 0.29) is 36.0 Å². The molecule has 100 valence electrons. The van der Waals surface area contributed by atoms with E-state index in [0.29, 0.717) is 23.5 Å². The third-order valence-electron chi connectivity index (χ3n) is 3.22. The monoisotopic (exact) mass is 272 g/mol. The molecule has 0 saturated carbocycles. The molecule has 1 unspecified atom stereocenters. The second-order valence-corrected chi connectivity index (χ2v) is 6.82. The molecular weight excluding hydrogens is 256 g/mol. The van der Waals surface area contributed by atoms with Crippen molar-refractivity contribution < 1.29 is 13.5 Å². The number of H-pyrrole nitrogens is 1. The van der Waals surface area contributed by atoms with Crippen LogP contribution in [0.4, 0.5) is 0 Å². The van der Waals surface area contributed by atoms with Gasteiger partial charge in [-0.3, -0.25) is 4.79 Å². The van der Waals surface area contributed by atoms with Crippen molar-refractivity contribution in [2.45, 2.75) is 25.7 Å². The highest BCUT2D eigenvalue weighted by Crippen LogP contribution is 2.26. The SMILES string of the molecule is Cc1nc(C2CCS(=O)(=O)C2)[nH]c(=O)c1CCO. The predicted molar refractivity (Wildman–Crippen MR) is 66.4 cm³/mol. The zero-order valence-corrected chi connectivity index (χ0v) is 11.0. The molecule has 2 N–H and O–H groups in total. The van der Waals surface area contributed by atoms with Gasteiger partial charge in [0.25, 0.3) is 5.56 Å². The van der Waals surface area contributed by atoms with Gasteiger partial charge in [0.15, 0.2) is 9.84 Å². The van der Waals surface area contributed by atoms with Gasteiger partial charge >= 0.3 is 0 Å². The van der Waals surface area contributed by atoms with Crippen molar-refractivity contribution in [1.29, 1.82) is 0 Å². The number of hydrogen-bond acceptors (Lipinski definition) is 5. The maximum atomic E-state index is 11.8. The van der Waals surface area contributed by atoms with Crippen LogP contribution in [0.5, 0.6) is 0 Å². The minimum atomic E-state index is -2.99. The van der Waals surface area contributed by atoms with E-state index in [0.717, 1.165) is 0 Å². The standard InChI is InChI=1S/C11H16N2O4S/c1-7-9(2-4-14)11(15)13-10(12-7)8-3-5-18(16,17)6-8/h8,14H,2-6H2,1H3,(H,12,13,15). The molecule has 1 aliphatic rings. The number of aliphatic hydroxyl groups excluding tert-OH is 1. The highest BCUT2D eigenvalue weighted by atomic mass is 32.2. The van der Waals surface area contributed by atoms with E-state index >= 15 is 0 Å². The Morgan fingerprint density at radius 3 is 2.72 bits per heavy atom. The first kappa shape index (κ1) is 13.2. The summed E-state index contributed by atoms with van der Waals surface area (Å²) in [6.45, 7) is 1.59. The van der Waals surface area contributed by atoms with Gasteiger partial charge in [-0.15, -0.1) is 0 Å². The number of sulfone groups is 1. The summed E-state index contributed by atoms with van der Waals surface area (Å²) < 4.78 is 22.8. The van der Waals surface area contributed by atoms with Gasteiger partial charge < -0.3 is 10.1 Å². The van der Waals surface area contributed by atoms with Crippen LogP contribution in [0.15, 0.2) is 4.79 Å². The van der Waals surface area contributed by atoms with Crippen molar-refractivity contribution in [3.63, 3.8) is 0 Å². The molecule has 0 aromatic carbocycles. The van der Waals surface area contributed by atoms with Crippen LogP contribution >= 0.6 is 0 Å². The molecule has 7 heteroatoms. The first-order valence-electron chi connectivity index (χ1n) is 5.84. The molecule has 2 rings (SSSR count). The fourth-order valence-corrected chi connectivity index (χ4v) is 3.99. The fourth-order valence-electron chi connectivity index (χ4n) is 2.24. The van der Waals surface area contributed by atoms with E-state index in [4.69, 9.17) is 5.11 Å². The largest absolute Gasteiger partial charge is 0.396 e. The summed E-state index contributed by atoms with van der Waals surface area (Å²) in [7, 11) is -2.99. The lowest BCUT2D eigenvalue weighted by atomic mass is 10.1. The van der Waals surface area contributed by atoms with E-state index in [2.05, 4.69) is 9.97 Å². The maximum Gasteiger partial charge on any atom is 0.254 e. The van der Waals surface area contributed by atoms with Gasteiger partial charge in [-0.25, -0.2) is 13.4 Å². The van der Waals surface area contributed by atoms with Gasteiger partial charge in [0.05, 0.1) is 11.5 Å². The second-order valence-electron chi connectivity index (χ2n) is 4.59. The summed E-state index contributed by atoms with van der Waals surface area (Å²) in [5.41, 5.74) is 0.741. The Labute approximate surface area is 105 Å². The van der Waals surface area contributed by atoms with Gasteiger partial charge in [-0.2, -0.15) is 0 Å². The van der Waals surface area contributed by atoms with Crippen LogP contribution in [0.1, 0.15) is 29.4 Å². The summed E-state index contributed by atoms with van der Waals surface area (Å²) in [5, 5.41) is 8.86. The van der Waals surface area contributed by atoms with Crippen LogP contribution in [0, 0.1) is 6.92 Å². The van der Waals surface area contributed by atoms with Gasteiger partial charge in [0.1, 0.15) is 5.82 Å². The quantitative estimate of drug-likeness (QED) is 0.773. The van der Waals surface area contributed by atoms with Gasteiger partial charge in [-0.1, -0.05) is 0 Å². The molecule has 1 aromatic heterocycles. The topological polar surface area (TPSA) is 100 Å². The van der Waals surface area contributed by atoms with Gasteiger partial charge in [-0.05, 0) is 13.3 Å². The second kappa shape index (κ2) is 4.81. The van der Waals surface area contributed by atoms with Crippen LogP contribution < -0.4 is 5.56 Å². The van der Waals surface area contributed by atoms with E-state index in [1.54, 1.807) is 6.92 Å². The summed E-state index contributed by atoms with van der Waals surface area (Å²) in [6.07, 6.45) is 0.765. The van der Waals surface area contributed by atoms with Crippen LogP contribution in [-0.2, 0) is 16.3 Å². The Kier molecular flexibility index (Phi) is 3.54. The Bertz CT molecular complexity index is 606. The first-order chi connectivity index (χ1) is 8.43. The van der Waals surface area contributed by atoms with Gasteiger partial charge in [0, 0.05) is 30.2 Å². The number of hydrogen-bond donors (Lipinski definition) is 2. The number of rotatable bonds is 3. The number of aliphatic hydroxyl groups is 1. The molecule has 1 fully saturated rings. The first-order valence-corrected chi connectivity index (χ1v) is 7.66. The molecule has 0 aliphatic carbocycles. The lowest BCUT2D eigenvalue weighted by Crippen LogP contribution is -2.22. The van der Waals surface area contributed by atoms with Crippen molar-refractivity contribution in [1.82, 2.24) is 9.97 Å². The molecule has 18 heavy (non-hydrogen) atoms. The highest BCUT2D eigenvalue weighted by Gasteiger charge is 2.31. The summed E-state index contributed by atoms with van der Waals surface area (Å²) in [6, 6.07) is 0. The number of aryl methyl sites for hydroxylation is 1. The molecule has 1 aliphatic heterocycles. The number of aromatic nitrogens is 2. The molecule has 0 spiro atoms. The molecule has 0 bridgehead atoms. The number of nitrogens with zero attached hydrogens (tertiary/aromatic N) is 1. The molecule has 2 heterocycles. The molecule has 0 amide bonds. The van der Waals surface area contributed by atoms with Crippen molar-refractivity contribution in [3.8, 4) is 0 Å². The average molecular weight is 272 g/mol. The van der Waals surface area contributed by atoms with Crippen molar-refractivity contribution in [3.05, 3.63) is 27.4 Å². The fraction of sp³-hybridized carbons (Fsp3) is 0.636. The minimum Gasteiger partial charge on any atom is -0.396 e. The number of nitrogens with one attached hydrogen (secondary N) is 1. The summed E-state index contributed by atoms with van der Waals surface area (Å²) >= 11 is 0. The highest BCUT2D eigenvalue weighted by molar-refractivity contribution is 7.91. The zero-order valence-electron chi connectivity index (χ0n) is 10.1. The summed E-state index contributed by atoms with van der Waals surface area (Å²) in [5.74, 6) is 0.429. The maximum absolute atomic E-state index is 11.8. The van der Waals surface area contributed by atoms with E-state index in [1.165, 1.54) is 0 Å². The van der Waals surface area contributed by atoms with Crippen molar-refractivity contribution in [2.75, 3.05) is 18.1 Å². The van der Waals surface area contributed by atoms with E-state index < -0.39 is 9.84 Å². The van der Waals surface area contributed by atoms with Crippen LogP contribution in [0.3, 0.4) is 0 Å². The van der Waals surface area contributed by atoms with Gasteiger partial charge in [0.2, 0.25) is 0 Å². The Morgan fingerprint density at radius 1 is 1.50 bits per heavy atom. The third kappa shape index (κ3) is 2.62. The van der Waals surface area contributed by atoms with Crippen molar-refractivity contribution in [2.24, 2.45) is 0 Å². The predicted octanol–water partition coefficient (Wildman–Crippen LogP) is -0.485. The van der Waals surface area contributed by atoms with Crippen molar-refractivity contribution >= 4 is 9.84 Å². The van der Waals surface area contributed by atoms with Crippen LogP contribution in [0.2, 0.25) is 0 Å². The van der Waals surface area contributed by atoms with E-state index in [9.17, 15) is 13.2 Å².